The number of aryl methyl sites for hydroxylation is 1. The van der Waals surface area contributed by atoms with Gasteiger partial charge in [0.25, 0.3) is 0 Å². The molecule has 0 bridgehead atoms. The van der Waals surface area contributed by atoms with E-state index in [1.54, 1.807) is 17.8 Å². The average molecular weight is 170 g/mol. The van der Waals surface area contributed by atoms with Crippen LogP contribution in [0.25, 0.3) is 0 Å². The van der Waals surface area contributed by atoms with Gasteiger partial charge in [-0.2, -0.15) is 11.8 Å². The second kappa shape index (κ2) is 3.77. The molecule has 0 aromatic heterocycles. The van der Waals surface area contributed by atoms with E-state index in [-0.39, 0.29) is 5.82 Å². The Kier molecular flexibility index (Phi) is 2.94. The molecule has 0 aliphatic rings. The van der Waals surface area contributed by atoms with Crippen LogP contribution in [0.5, 0.6) is 0 Å². The summed E-state index contributed by atoms with van der Waals surface area (Å²) in [6.07, 6.45) is 1.98. The Hall–Kier alpha value is -0.500. The molecule has 1 aromatic rings. The Labute approximate surface area is 70.8 Å². The summed E-state index contributed by atoms with van der Waals surface area (Å²) in [5.74, 6) is 0.678. The van der Waals surface area contributed by atoms with Crippen molar-refractivity contribution in [2.75, 3.05) is 6.26 Å². The molecule has 2 heteroatoms. The van der Waals surface area contributed by atoms with Crippen LogP contribution in [0.1, 0.15) is 11.1 Å². The molecule has 11 heavy (non-hydrogen) atoms. The molecule has 0 aliphatic heterocycles. The van der Waals surface area contributed by atoms with Crippen molar-refractivity contribution in [2.45, 2.75) is 12.7 Å². The van der Waals surface area contributed by atoms with Crippen molar-refractivity contribution in [3.8, 4) is 0 Å². The van der Waals surface area contributed by atoms with Crippen LogP contribution in [-0.2, 0) is 5.75 Å². The third-order valence-electron chi connectivity index (χ3n) is 1.64. The maximum atomic E-state index is 13.0. The number of benzene rings is 1. The summed E-state index contributed by atoms with van der Waals surface area (Å²) >= 11 is 1.64. The highest BCUT2D eigenvalue weighted by Gasteiger charge is 2.02. The second-order valence-electron chi connectivity index (χ2n) is 2.47. The monoisotopic (exact) mass is 170 g/mol. The van der Waals surface area contributed by atoms with Crippen LogP contribution < -0.4 is 0 Å². The molecule has 0 radical (unpaired) electrons. The van der Waals surface area contributed by atoms with E-state index >= 15 is 0 Å². The van der Waals surface area contributed by atoms with E-state index in [1.165, 1.54) is 6.07 Å². The Morgan fingerprint density at radius 1 is 1.45 bits per heavy atom. The first kappa shape index (κ1) is 8.60. The predicted molar refractivity (Wildman–Crippen MR) is 48.4 cm³/mol. The maximum absolute atomic E-state index is 13.0. The Morgan fingerprint density at radius 3 is 2.73 bits per heavy atom. The minimum absolute atomic E-state index is 0.0839. The van der Waals surface area contributed by atoms with E-state index in [9.17, 15) is 4.39 Å². The number of hydrogen-bond acceptors (Lipinski definition) is 1. The SMILES string of the molecule is CSCc1c(C)cccc1F. The third-order valence-corrected chi connectivity index (χ3v) is 2.22. The molecule has 0 aliphatic carbocycles. The smallest absolute Gasteiger partial charge is 0.127 e. The van der Waals surface area contributed by atoms with Gasteiger partial charge in [-0.3, -0.25) is 0 Å². The van der Waals surface area contributed by atoms with Crippen LogP contribution in [0, 0.1) is 12.7 Å². The first-order valence-electron chi connectivity index (χ1n) is 3.48. The number of halogens is 1. The van der Waals surface area contributed by atoms with Gasteiger partial charge < -0.3 is 0 Å². The zero-order chi connectivity index (χ0) is 8.27. The predicted octanol–water partition coefficient (Wildman–Crippen LogP) is 3.00. The fourth-order valence-corrected chi connectivity index (χ4v) is 1.65. The molecule has 60 valence electrons. The maximum Gasteiger partial charge on any atom is 0.127 e. The Bertz CT molecular complexity index is 225. The molecule has 0 atom stereocenters. The summed E-state index contributed by atoms with van der Waals surface area (Å²) in [5.41, 5.74) is 1.87. The quantitative estimate of drug-likeness (QED) is 0.657. The lowest BCUT2D eigenvalue weighted by molar-refractivity contribution is 0.615. The molecule has 0 fully saturated rings. The summed E-state index contributed by atoms with van der Waals surface area (Å²) in [5, 5.41) is 0. The van der Waals surface area contributed by atoms with Gasteiger partial charge in [-0.15, -0.1) is 0 Å². The standard InChI is InChI=1S/C9H11FS/c1-7-4-3-5-9(10)8(7)6-11-2/h3-5H,6H2,1-2H3. The van der Waals surface area contributed by atoms with E-state index < -0.39 is 0 Å². The molecule has 0 heterocycles. The van der Waals surface area contributed by atoms with Crippen molar-refractivity contribution in [3.05, 3.63) is 35.1 Å². The van der Waals surface area contributed by atoms with Crippen LogP contribution in [0.15, 0.2) is 18.2 Å². The van der Waals surface area contributed by atoms with E-state index in [0.717, 1.165) is 16.9 Å². The normalized spacial score (nSPS) is 10.1. The molecule has 0 N–H and O–H groups in total. The van der Waals surface area contributed by atoms with Crippen molar-refractivity contribution in [1.29, 1.82) is 0 Å². The van der Waals surface area contributed by atoms with Gasteiger partial charge in [0.1, 0.15) is 5.82 Å². The summed E-state index contributed by atoms with van der Waals surface area (Å²) < 4.78 is 13.0. The molecular weight excluding hydrogens is 159 g/mol. The van der Waals surface area contributed by atoms with Gasteiger partial charge in [0.2, 0.25) is 0 Å². The number of rotatable bonds is 2. The lowest BCUT2D eigenvalue weighted by atomic mass is 10.1. The molecule has 0 amide bonds. The fraction of sp³-hybridized carbons (Fsp3) is 0.333. The summed E-state index contributed by atoms with van der Waals surface area (Å²) in [6.45, 7) is 1.94. The highest BCUT2D eigenvalue weighted by Crippen LogP contribution is 2.17. The van der Waals surface area contributed by atoms with E-state index in [2.05, 4.69) is 0 Å². The number of thioether (sulfide) groups is 1. The average Bonchev–Trinajstić information content (AvgIpc) is 1.97. The summed E-state index contributed by atoms with van der Waals surface area (Å²) in [6, 6.07) is 5.20. The van der Waals surface area contributed by atoms with Crippen LogP contribution in [0.2, 0.25) is 0 Å². The molecule has 1 aromatic carbocycles. The topological polar surface area (TPSA) is 0 Å². The van der Waals surface area contributed by atoms with Crippen molar-refractivity contribution >= 4 is 11.8 Å². The van der Waals surface area contributed by atoms with Crippen LogP contribution in [0.4, 0.5) is 4.39 Å². The van der Waals surface area contributed by atoms with Gasteiger partial charge in [-0.1, -0.05) is 12.1 Å². The van der Waals surface area contributed by atoms with Gasteiger partial charge in [-0.25, -0.2) is 4.39 Å². The zero-order valence-corrected chi connectivity index (χ0v) is 7.54. The van der Waals surface area contributed by atoms with Crippen molar-refractivity contribution in [2.24, 2.45) is 0 Å². The lowest BCUT2D eigenvalue weighted by Crippen LogP contribution is -1.90. The number of hydrogen-bond donors (Lipinski definition) is 0. The van der Waals surface area contributed by atoms with Crippen LogP contribution in [0.3, 0.4) is 0 Å². The van der Waals surface area contributed by atoms with Crippen molar-refractivity contribution < 1.29 is 4.39 Å². The zero-order valence-electron chi connectivity index (χ0n) is 6.73. The minimum Gasteiger partial charge on any atom is -0.207 e. The fourth-order valence-electron chi connectivity index (χ4n) is 0.994. The van der Waals surface area contributed by atoms with Gasteiger partial charge in [-0.05, 0) is 24.8 Å². The van der Waals surface area contributed by atoms with E-state index in [1.807, 2.05) is 19.2 Å². The molecule has 0 saturated carbocycles. The van der Waals surface area contributed by atoms with Crippen molar-refractivity contribution in [3.63, 3.8) is 0 Å². The Morgan fingerprint density at radius 2 is 2.18 bits per heavy atom. The largest absolute Gasteiger partial charge is 0.207 e. The molecule has 0 unspecified atom stereocenters. The lowest BCUT2D eigenvalue weighted by Gasteiger charge is -2.03. The minimum atomic E-state index is -0.0839. The third kappa shape index (κ3) is 1.96. The van der Waals surface area contributed by atoms with Crippen LogP contribution in [-0.4, -0.2) is 6.26 Å². The first-order valence-corrected chi connectivity index (χ1v) is 4.88. The summed E-state index contributed by atoms with van der Waals surface area (Å²) in [7, 11) is 0. The molecular formula is C9H11FS. The van der Waals surface area contributed by atoms with E-state index in [0.29, 0.717) is 0 Å². The van der Waals surface area contributed by atoms with Crippen LogP contribution >= 0.6 is 11.8 Å². The highest BCUT2D eigenvalue weighted by molar-refractivity contribution is 7.97. The molecule has 0 saturated heterocycles. The molecule has 0 nitrogen and oxygen atoms in total. The van der Waals surface area contributed by atoms with Gasteiger partial charge in [0.15, 0.2) is 0 Å². The van der Waals surface area contributed by atoms with Gasteiger partial charge in [0, 0.05) is 11.3 Å². The first-order chi connectivity index (χ1) is 5.25. The Balaban J connectivity index is 3.00. The van der Waals surface area contributed by atoms with E-state index in [4.69, 9.17) is 0 Å². The highest BCUT2D eigenvalue weighted by atomic mass is 32.2. The van der Waals surface area contributed by atoms with Gasteiger partial charge >= 0.3 is 0 Å². The van der Waals surface area contributed by atoms with Gasteiger partial charge in [0.05, 0.1) is 0 Å². The molecule has 0 spiro atoms. The molecule has 1 rings (SSSR count). The second-order valence-corrected chi connectivity index (χ2v) is 3.33. The van der Waals surface area contributed by atoms with Crippen molar-refractivity contribution in [1.82, 2.24) is 0 Å². The summed E-state index contributed by atoms with van der Waals surface area (Å²) in [4.78, 5) is 0.